The molecule has 0 aliphatic heterocycles. The van der Waals surface area contributed by atoms with Gasteiger partial charge in [-0.1, -0.05) is 11.6 Å². The first kappa shape index (κ1) is 10.7. The van der Waals surface area contributed by atoms with E-state index in [2.05, 4.69) is 9.97 Å². The number of nitrogen functional groups attached to an aromatic ring is 1. The summed E-state index contributed by atoms with van der Waals surface area (Å²) in [4.78, 5) is 8.08. The molecule has 1 heterocycles. The Morgan fingerprint density at radius 1 is 1.25 bits per heavy atom. The lowest BCUT2D eigenvalue weighted by Crippen LogP contribution is -2.02. The van der Waals surface area contributed by atoms with Crippen LogP contribution in [0.1, 0.15) is 5.82 Å². The molecule has 0 aliphatic rings. The van der Waals surface area contributed by atoms with Crippen molar-refractivity contribution in [3.63, 3.8) is 0 Å². The Hall–Kier alpha value is -1.81. The zero-order valence-electron chi connectivity index (χ0n) is 8.43. The Morgan fingerprint density at radius 2 is 2.00 bits per heavy atom. The quantitative estimate of drug-likeness (QED) is 0.830. The highest BCUT2D eigenvalue weighted by Gasteiger charge is 2.02. The molecule has 0 radical (unpaired) electrons. The predicted octanol–water partition coefficient (Wildman–Crippen LogP) is 2.29. The summed E-state index contributed by atoms with van der Waals surface area (Å²) in [6.07, 6.45) is 3.33. The molecule has 2 aromatic rings. The van der Waals surface area contributed by atoms with Gasteiger partial charge in [0.2, 0.25) is 0 Å². The molecule has 0 bridgehead atoms. The van der Waals surface area contributed by atoms with E-state index in [0.29, 0.717) is 22.3 Å². The van der Waals surface area contributed by atoms with Crippen molar-refractivity contribution >= 4 is 17.3 Å². The van der Waals surface area contributed by atoms with Crippen molar-refractivity contribution in [2.75, 3.05) is 5.73 Å². The maximum Gasteiger partial charge on any atom is 0.166 e. The number of benzene rings is 1. The number of halogens is 1. The van der Waals surface area contributed by atoms with Crippen LogP contribution in [0.2, 0.25) is 5.02 Å². The average Bonchev–Trinajstić information content (AvgIpc) is 2.29. The number of anilines is 1. The molecule has 1 aromatic heterocycles. The Labute approximate surface area is 98.0 Å². The minimum absolute atomic E-state index is 0.284. The summed E-state index contributed by atoms with van der Waals surface area (Å²) in [5.74, 6) is 1.19. The maximum absolute atomic E-state index is 5.77. The fourth-order valence-electron chi connectivity index (χ4n) is 1.20. The molecule has 0 unspecified atom stereocenters. The molecule has 0 spiro atoms. The van der Waals surface area contributed by atoms with E-state index in [1.807, 2.05) is 0 Å². The predicted molar refractivity (Wildman–Crippen MR) is 62.2 cm³/mol. The van der Waals surface area contributed by atoms with Crippen LogP contribution in [0.4, 0.5) is 5.69 Å². The third-order valence-electron chi connectivity index (χ3n) is 1.95. The van der Waals surface area contributed by atoms with E-state index in [9.17, 15) is 0 Å². The number of rotatable bonds is 3. The Bertz CT molecular complexity index is 476. The van der Waals surface area contributed by atoms with Gasteiger partial charge in [0, 0.05) is 17.4 Å². The van der Waals surface area contributed by atoms with Gasteiger partial charge in [-0.2, -0.15) is 0 Å². The second-order valence-corrected chi connectivity index (χ2v) is 3.57. The maximum atomic E-state index is 5.77. The summed E-state index contributed by atoms with van der Waals surface area (Å²) in [5, 5.41) is 0.584. The number of hydrogen-bond acceptors (Lipinski definition) is 4. The molecule has 5 heteroatoms. The standard InChI is InChI=1S/C11H10ClN3O/c12-8-2-3-10(9(13)6-8)16-7-11-14-4-1-5-15-11/h1-6H,7,13H2. The number of nitrogens with two attached hydrogens (primary N) is 1. The van der Waals surface area contributed by atoms with E-state index in [-0.39, 0.29) is 6.61 Å². The summed E-state index contributed by atoms with van der Waals surface area (Å²) >= 11 is 5.77. The third-order valence-corrected chi connectivity index (χ3v) is 2.18. The van der Waals surface area contributed by atoms with Crippen molar-refractivity contribution < 1.29 is 4.74 Å². The number of hydrogen-bond donors (Lipinski definition) is 1. The number of ether oxygens (including phenoxy) is 1. The average molecular weight is 236 g/mol. The van der Waals surface area contributed by atoms with Crippen molar-refractivity contribution in [1.82, 2.24) is 9.97 Å². The van der Waals surface area contributed by atoms with Crippen LogP contribution in [0.15, 0.2) is 36.7 Å². The second-order valence-electron chi connectivity index (χ2n) is 3.14. The SMILES string of the molecule is Nc1cc(Cl)ccc1OCc1ncccn1. The van der Waals surface area contributed by atoms with Crippen LogP contribution in [0.5, 0.6) is 5.75 Å². The van der Waals surface area contributed by atoms with E-state index in [1.165, 1.54) is 0 Å². The lowest BCUT2D eigenvalue weighted by molar-refractivity contribution is 0.297. The smallest absolute Gasteiger partial charge is 0.166 e. The molecule has 16 heavy (non-hydrogen) atoms. The first-order valence-corrected chi connectivity index (χ1v) is 5.07. The Morgan fingerprint density at radius 3 is 2.69 bits per heavy atom. The molecule has 0 atom stereocenters. The van der Waals surface area contributed by atoms with E-state index >= 15 is 0 Å². The molecule has 82 valence electrons. The normalized spacial score (nSPS) is 10.1. The van der Waals surface area contributed by atoms with Crippen molar-refractivity contribution in [3.05, 3.63) is 47.5 Å². The van der Waals surface area contributed by atoms with Gasteiger partial charge in [0.05, 0.1) is 5.69 Å². The van der Waals surface area contributed by atoms with Crippen molar-refractivity contribution in [1.29, 1.82) is 0 Å². The monoisotopic (exact) mass is 235 g/mol. The molecular weight excluding hydrogens is 226 g/mol. The molecule has 0 fully saturated rings. The third kappa shape index (κ3) is 2.61. The van der Waals surface area contributed by atoms with E-state index in [4.69, 9.17) is 22.1 Å². The van der Waals surface area contributed by atoms with Crippen molar-refractivity contribution in [2.45, 2.75) is 6.61 Å². The van der Waals surface area contributed by atoms with Gasteiger partial charge in [0.1, 0.15) is 12.4 Å². The van der Waals surface area contributed by atoms with Gasteiger partial charge in [-0.25, -0.2) is 9.97 Å². The fraction of sp³-hybridized carbons (Fsp3) is 0.0909. The first-order valence-electron chi connectivity index (χ1n) is 4.69. The van der Waals surface area contributed by atoms with Crippen LogP contribution in [0.25, 0.3) is 0 Å². The van der Waals surface area contributed by atoms with Crippen LogP contribution >= 0.6 is 11.6 Å². The van der Waals surface area contributed by atoms with E-state index < -0.39 is 0 Å². The fourth-order valence-corrected chi connectivity index (χ4v) is 1.38. The lowest BCUT2D eigenvalue weighted by Gasteiger charge is -2.07. The van der Waals surface area contributed by atoms with Gasteiger partial charge in [-0.15, -0.1) is 0 Å². The van der Waals surface area contributed by atoms with E-state index in [0.717, 1.165) is 0 Å². The summed E-state index contributed by atoms with van der Waals surface area (Å²) in [6, 6.07) is 6.84. The minimum Gasteiger partial charge on any atom is -0.483 e. The molecular formula is C11H10ClN3O. The summed E-state index contributed by atoms with van der Waals surface area (Å²) in [7, 11) is 0. The van der Waals surface area contributed by atoms with Crippen molar-refractivity contribution in [2.24, 2.45) is 0 Å². The Balaban J connectivity index is 2.05. The zero-order chi connectivity index (χ0) is 11.4. The van der Waals surface area contributed by atoms with Crippen LogP contribution in [-0.2, 0) is 6.61 Å². The minimum atomic E-state index is 0.284. The highest BCUT2D eigenvalue weighted by Crippen LogP contribution is 2.25. The summed E-state index contributed by atoms with van der Waals surface area (Å²) in [5.41, 5.74) is 6.24. The zero-order valence-corrected chi connectivity index (χ0v) is 9.19. The van der Waals surface area contributed by atoms with Crippen LogP contribution in [0, 0.1) is 0 Å². The van der Waals surface area contributed by atoms with Gasteiger partial charge in [-0.3, -0.25) is 0 Å². The number of nitrogens with zero attached hydrogens (tertiary/aromatic N) is 2. The topological polar surface area (TPSA) is 61.0 Å². The van der Waals surface area contributed by atoms with Gasteiger partial charge >= 0.3 is 0 Å². The molecule has 0 aliphatic carbocycles. The molecule has 4 nitrogen and oxygen atoms in total. The van der Waals surface area contributed by atoms with E-state index in [1.54, 1.807) is 36.7 Å². The molecule has 0 saturated heterocycles. The lowest BCUT2D eigenvalue weighted by atomic mass is 10.3. The second kappa shape index (κ2) is 4.81. The molecule has 2 N–H and O–H groups in total. The van der Waals surface area contributed by atoms with Crippen molar-refractivity contribution in [3.8, 4) is 5.75 Å². The highest BCUT2D eigenvalue weighted by atomic mass is 35.5. The van der Waals surface area contributed by atoms with Crippen LogP contribution < -0.4 is 10.5 Å². The molecule has 2 rings (SSSR count). The summed E-state index contributed by atoms with van der Waals surface area (Å²) < 4.78 is 5.47. The summed E-state index contributed by atoms with van der Waals surface area (Å²) in [6.45, 7) is 0.284. The first-order chi connectivity index (χ1) is 7.75. The molecule has 0 saturated carbocycles. The molecule has 0 amide bonds. The Kier molecular flexibility index (Phi) is 3.22. The molecule has 1 aromatic carbocycles. The number of aromatic nitrogens is 2. The largest absolute Gasteiger partial charge is 0.483 e. The highest BCUT2D eigenvalue weighted by molar-refractivity contribution is 6.30. The van der Waals surface area contributed by atoms with Gasteiger partial charge in [-0.05, 0) is 24.3 Å². The van der Waals surface area contributed by atoms with Crippen LogP contribution in [-0.4, -0.2) is 9.97 Å². The van der Waals surface area contributed by atoms with Gasteiger partial charge in [0.25, 0.3) is 0 Å². The van der Waals surface area contributed by atoms with Gasteiger partial charge in [0.15, 0.2) is 5.82 Å². The van der Waals surface area contributed by atoms with Crippen LogP contribution in [0.3, 0.4) is 0 Å². The van der Waals surface area contributed by atoms with Gasteiger partial charge < -0.3 is 10.5 Å².